The maximum Gasteiger partial charge on any atom is 0.0522 e. The Morgan fingerprint density at radius 3 is 3.17 bits per heavy atom. The third-order valence-electron chi connectivity index (χ3n) is 1.64. The van der Waals surface area contributed by atoms with Crippen LogP contribution in [0, 0.1) is 0 Å². The summed E-state index contributed by atoms with van der Waals surface area (Å²) in [7, 11) is 1.93. The fourth-order valence-electron chi connectivity index (χ4n) is 1.04. The molecule has 1 heterocycles. The summed E-state index contributed by atoms with van der Waals surface area (Å²) in [5.74, 6) is 0. The average Bonchev–Trinajstić information content (AvgIpc) is 2.45. The summed E-state index contributed by atoms with van der Waals surface area (Å²) in [5, 5.41) is 7.32. The second-order valence-corrected chi connectivity index (χ2v) is 2.77. The van der Waals surface area contributed by atoms with Gasteiger partial charge in [0.05, 0.1) is 6.20 Å². The molecule has 0 fully saturated rings. The van der Waals surface area contributed by atoms with Crippen molar-refractivity contribution >= 4 is 0 Å². The fraction of sp³-hybridized carbons (Fsp3) is 0.444. The largest absolute Gasteiger partial charge is 0.313 e. The minimum atomic E-state index is 0.875. The SMILES string of the molecule is C=CCNCCc1cnn(C)c1. The molecule has 1 N–H and O–H groups in total. The molecule has 0 aliphatic heterocycles. The Kier molecular flexibility index (Phi) is 3.54. The van der Waals surface area contributed by atoms with E-state index >= 15 is 0 Å². The Bertz CT molecular complexity index is 240. The molecule has 66 valence electrons. The molecule has 0 saturated carbocycles. The van der Waals surface area contributed by atoms with Gasteiger partial charge in [0.25, 0.3) is 0 Å². The van der Waals surface area contributed by atoms with Gasteiger partial charge in [0, 0.05) is 19.8 Å². The summed E-state index contributed by atoms with van der Waals surface area (Å²) in [4.78, 5) is 0. The molecule has 0 saturated heterocycles. The zero-order valence-electron chi connectivity index (χ0n) is 7.45. The van der Waals surface area contributed by atoms with E-state index in [1.54, 1.807) is 0 Å². The number of hydrogen-bond acceptors (Lipinski definition) is 2. The normalized spacial score (nSPS) is 10.1. The van der Waals surface area contributed by atoms with Gasteiger partial charge in [0.1, 0.15) is 0 Å². The van der Waals surface area contributed by atoms with Crippen LogP contribution in [0.2, 0.25) is 0 Å². The maximum absolute atomic E-state index is 4.08. The standard InChI is InChI=1S/C9H15N3/c1-3-5-10-6-4-9-7-11-12(2)8-9/h3,7-8,10H,1,4-6H2,2H3. The van der Waals surface area contributed by atoms with Crippen LogP contribution in [0.15, 0.2) is 25.0 Å². The van der Waals surface area contributed by atoms with Crippen molar-refractivity contribution in [2.45, 2.75) is 6.42 Å². The summed E-state index contributed by atoms with van der Waals surface area (Å²) < 4.78 is 1.82. The van der Waals surface area contributed by atoms with Gasteiger partial charge in [-0.05, 0) is 18.5 Å². The van der Waals surface area contributed by atoms with Crippen molar-refractivity contribution < 1.29 is 0 Å². The Labute approximate surface area is 73.1 Å². The molecule has 0 aliphatic rings. The molecule has 0 bridgehead atoms. The quantitative estimate of drug-likeness (QED) is 0.515. The minimum absolute atomic E-state index is 0.875. The van der Waals surface area contributed by atoms with Crippen LogP contribution in [0.5, 0.6) is 0 Å². The minimum Gasteiger partial charge on any atom is -0.313 e. The maximum atomic E-state index is 4.08. The highest BCUT2D eigenvalue weighted by Crippen LogP contribution is 1.95. The predicted octanol–water partition coefficient (Wildman–Crippen LogP) is 0.738. The van der Waals surface area contributed by atoms with Crippen LogP contribution in [0.25, 0.3) is 0 Å². The topological polar surface area (TPSA) is 29.9 Å². The zero-order valence-corrected chi connectivity index (χ0v) is 7.45. The van der Waals surface area contributed by atoms with E-state index in [-0.39, 0.29) is 0 Å². The van der Waals surface area contributed by atoms with E-state index < -0.39 is 0 Å². The van der Waals surface area contributed by atoms with E-state index in [9.17, 15) is 0 Å². The molecule has 0 amide bonds. The van der Waals surface area contributed by atoms with E-state index in [0.29, 0.717) is 0 Å². The molecule has 0 spiro atoms. The van der Waals surface area contributed by atoms with Crippen LogP contribution >= 0.6 is 0 Å². The van der Waals surface area contributed by atoms with Crippen LogP contribution in [-0.2, 0) is 13.5 Å². The number of nitrogens with zero attached hydrogens (tertiary/aromatic N) is 2. The number of rotatable bonds is 5. The van der Waals surface area contributed by atoms with E-state index in [2.05, 4.69) is 17.0 Å². The highest BCUT2D eigenvalue weighted by molar-refractivity contribution is 5.03. The van der Waals surface area contributed by atoms with Gasteiger partial charge in [-0.2, -0.15) is 5.10 Å². The molecule has 0 unspecified atom stereocenters. The number of aromatic nitrogens is 2. The lowest BCUT2D eigenvalue weighted by atomic mass is 10.2. The van der Waals surface area contributed by atoms with Crippen LogP contribution in [0.1, 0.15) is 5.56 Å². The van der Waals surface area contributed by atoms with Crippen molar-refractivity contribution in [3.63, 3.8) is 0 Å². The molecule has 3 nitrogen and oxygen atoms in total. The lowest BCUT2D eigenvalue weighted by Gasteiger charge is -1.97. The van der Waals surface area contributed by atoms with Gasteiger partial charge in [-0.25, -0.2) is 0 Å². The van der Waals surface area contributed by atoms with E-state index in [4.69, 9.17) is 0 Å². The Morgan fingerprint density at radius 1 is 1.75 bits per heavy atom. The van der Waals surface area contributed by atoms with Crippen LogP contribution in [-0.4, -0.2) is 22.9 Å². The highest BCUT2D eigenvalue weighted by Gasteiger charge is 1.93. The van der Waals surface area contributed by atoms with Gasteiger partial charge in [0.2, 0.25) is 0 Å². The van der Waals surface area contributed by atoms with Crippen LogP contribution < -0.4 is 5.32 Å². The lowest BCUT2D eigenvalue weighted by Crippen LogP contribution is -2.16. The van der Waals surface area contributed by atoms with E-state index in [1.807, 2.05) is 30.2 Å². The smallest absolute Gasteiger partial charge is 0.0522 e. The van der Waals surface area contributed by atoms with E-state index in [0.717, 1.165) is 19.5 Å². The summed E-state index contributed by atoms with van der Waals surface area (Å²) in [5.41, 5.74) is 1.27. The van der Waals surface area contributed by atoms with Gasteiger partial charge in [-0.3, -0.25) is 4.68 Å². The van der Waals surface area contributed by atoms with Crippen molar-refractivity contribution in [2.75, 3.05) is 13.1 Å². The number of aryl methyl sites for hydroxylation is 1. The van der Waals surface area contributed by atoms with Gasteiger partial charge < -0.3 is 5.32 Å². The van der Waals surface area contributed by atoms with Crippen molar-refractivity contribution in [1.82, 2.24) is 15.1 Å². The molecule has 0 radical (unpaired) electrons. The third kappa shape index (κ3) is 2.88. The van der Waals surface area contributed by atoms with Crippen molar-refractivity contribution in [3.05, 3.63) is 30.6 Å². The molecular formula is C9H15N3. The molecule has 1 rings (SSSR count). The second kappa shape index (κ2) is 4.72. The molecular weight excluding hydrogens is 150 g/mol. The second-order valence-electron chi connectivity index (χ2n) is 2.77. The summed E-state index contributed by atoms with van der Waals surface area (Å²) in [6, 6.07) is 0. The Morgan fingerprint density at radius 2 is 2.58 bits per heavy atom. The van der Waals surface area contributed by atoms with Gasteiger partial charge in [-0.1, -0.05) is 6.08 Å². The Balaban J connectivity index is 2.19. The average molecular weight is 165 g/mol. The molecule has 0 aromatic carbocycles. The van der Waals surface area contributed by atoms with Gasteiger partial charge in [-0.15, -0.1) is 6.58 Å². The van der Waals surface area contributed by atoms with Gasteiger partial charge in [0.15, 0.2) is 0 Å². The van der Waals surface area contributed by atoms with Crippen molar-refractivity contribution in [1.29, 1.82) is 0 Å². The summed E-state index contributed by atoms with van der Waals surface area (Å²) >= 11 is 0. The first kappa shape index (κ1) is 9.00. The molecule has 1 aromatic heterocycles. The van der Waals surface area contributed by atoms with Crippen molar-refractivity contribution in [3.8, 4) is 0 Å². The van der Waals surface area contributed by atoms with Crippen LogP contribution in [0.3, 0.4) is 0 Å². The Hall–Kier alpha value is -1.09. The van der Waals surface area contributed by atoms with Gasteiger partial charge >= 0.3 is 0 Å². The lowest BCUT2D eigenvalue weighted by molar-refractivity contribution is 0.741. The number of nitrogens with one attached hydrogen (secondary N) is 1. The van der Waals surface area contributed by atoms with E-state index in [1.165, 1.54) is 5.56 Å². The first-order valence-corrected chi connectivity index (χ1v) is 4.12. The van der Waals surface area contributed by atoms with Crippen molar-refractivity contribution in [2.24, 2.45) is 7.05 Å². The molecule has 3 heteroatoms. The molecule has 12 heavy (non-hydrogen) atoms. The third-order valence-corrected chi connectivity index (χ3v) is 1.64. The monoisotopic (exact) mass is 165 g/mol. The number of hydrogen-bond donors (Lipinski definition) is 1. The summed E-state index contributed by atoms with van der Waals surface area (Å²) in [6.07, 6.45) is 6.83. The predicted molar refractivity (Wildman–Crippen MR) is 50.0 cm³/mol. The first-order chi connectivity index (χ1) is 5.83. The summed E-state index contributed by atoms with van der Waals surface area (Å²) in [6.45, 7) is 5.49. The molecule has 1 aromatic rings. The highest BCUT2D eigenvalue weighted by atomic mass is 15.2. The fourth-order valence-corrected chi connectivity index (χ4v) is 1.04. The zero-order chi connectivity index (χ0) is 8.81. The molecule has 0 atom stereocenters. The molecule has 0 aliphatic carbocycles. The first-order valence-electron chi connectivity index (χ1n) is 4.12. The van der Waals surface area contributed by atoms with Crippen LogP contribution in [0.4, 0.5) is 0 Å².